The summed E-state index contributed by atoms with van der Waals surface area (Å²) >= 11 is 0. The fraction of sp³-hybridized carbons (Fsp3) is 0.517. The molecule has 2 atom stereocenters. The molecule has 2 N–H and O–H groups in total. The summed E-state index contributed by atoms with van der Waals surface area (Å²) in [7, 11) is 1.49. The smallest absolute Gasteiger partial charge is 0.411 e. The van der Waals surface area contributed by atoms with E-state index in [0.717, 1.165) is 31.2 Å². The zero-order valence-corrected chi connectivity index (χ0v) is 21.7. The van der Waals surface area contributed by atoms with Gasteiger partial charge in [-0.25, -0.2) is 9.59 Å². The van der Waals surface area contributed by atoms with Crippen LogP contribution in [0.3, 0.4) is 0 Å². The number of ketones is 1. The zero-order chi connectivity index (χ0) is 26.4. The molecule has 200 valence electrons. The topological polar surface area (TPSA) is 108 Å². The van der Waals surface area contributed by atoms with E-state index in [-0.39, 0.29) is 30.8 Å². The van der Waals surface area contributed by atoms with E-state index in [4.69, 9.17) is 4.74 Å². The number of rotatable bonds is 8. The standard InChI is InChI=1S/C29H34N4O5/c1-30-27(36)31-23-12-11-22-21(26(23)35)13-14-29(22)17-32(28(37)38-29)16-24(34)33(15-18-5-3-2-4-6-18)25(19-7-8-19)20-9-10-20/h2-6,11-12,19-20,23,25H,7-10,13-17H2,1H3,(H2,30,31,36). The fourth-order valence-corrected chi connectivity index (χ4v) is 6.37. The SMILES string of the molecule is CNC(=O)NC1C=CC2=C(CCC23CN(CC(=O)N(Cc2ccccc2)C(C2CC2)C2CC2)C(=O)O3)C1=O. The second-order valence-electron chi connectivity index (χ2n) is 11.2. The van der Waals surface area contributed by atoms with Crippen molar-refractivity contribution in [3.63, 3.8) is 0 Å². The molecule has 3 fully saturated rings. The maximum atomic E-state index is 13.8. The minimum atomic E-state index is -0.937. The number of ether oxygens (including phenoxy) is 1. The van der Waals surface area contributed by atoms with Gasteiger partial charge in [0, 0.05) is 30.8 Å². The summed E-state index contributed by atoms with van der Waals surface area (Å²) < 4.78 is 5.91. The van der Waals surface area contributed by atoms with Gasteiger partial charge in [-0.1, -0.05) is 42.5 Å². The van der Waals surface area contributed by atoms with Gasteiger partial charge in [0.2, 0.25) is 5.91 Å². The molecule has 1 aromatic rings. The molecule has 1 aromatic carbocycles. The average Bonchev–Trinajstić information content (AvgIpc) is 3.85. The Morgan fingerprint density at radius 3 is 2.50 bits per heavy atom. The molecule has 1 aliphatic heterocycles. The van der Waals surface area contributed by atoms with E-state index in [0.29, 0.717) is 42.4 Å². The number of amides is 4. The van der Waals surface area contributed by atoms with Crippen LogP contribution >= 0.6 is 0 Å². The largest absolute Gasteiger partial charge is 0.436 e. The van der Waals surface area contributed by atoms with Crippen molar-refractivity contribution in [2.24, 2.45) is 11.8 Å². The molecule has 9 heteroatoms. The van der Waals surface area contributed by atoms with Crippen LogP contribution in [0.4, 0.5) is 9.59 Å². The Balaban J connectivity index is 1.18. The third-order valence-corrected chi connectivity index (χ3v) is 8.54. The van der Waals surface area contributed by atoms with Gasteiger partial charge in [0.15, 0.2) is 11.4 Å². The summed E-state index contributed by atoms with van der Waals surface area (Å²) in [6.45, 7) is 0.736. The Kier molecular flexibility index (Phi) is 6.24. The number of hydrogen-bond acceptors (Lipinski definition) is 5. The molecule has 38 heavy (non-hydrogen) atoms. The zero-order valence-electron chi connectivity index (χ0n) is 21.7. The molecule has 2 saturated carbocycles. The van der Waals surface area contributed by atoms with E-state index in [1.807, 2.05) is 35.2 Å². The lowest BCUT2D eigenvalue weighted by atomic mass is 9.89. The third kappa shape index (κ3) is 4.59. The lowest BCUT2D eigenvalue weighted by Crippen LogP contribution is -2.48. The van der Waals surface area contributed by atoms with Crippen LogP contribution in [0.1, 0.15) is 44.1 Å². The molecule has 0 bridgehead atoms. The van der Waals surface area contributed by atoms with E-state index in [1.165, 1.54) is 11.9 Å². The van der Waals surface area contributed by atoms with Gasteiger partial charge in [0.05, 0.1) is 6.54 Å². The predicted octanol–water partition coefficient (Wildman–Crippen LogP) is 2.92. The average molecular weight is 519 g/mol. The number of carbonyl (C=O) groups excluding carboxylic acids is 4. The molecule has 5 aliphatic rings. The van der Waals surface area contributed by atoms with Crippen molar-refractivity contribution in [2.75, 3.05) is 20.1 Å². The van der Waals surface area contributed by atoms with Gasteiger partial charge >= 0.3 is 12.1 Å². The van der Waals surface area contributed by atoms with Crippen molar-refractivity contribution < 1.29 is 23.9 Å². The molecular formula is C29H34N4O5. The quantitative estimate of drug-likeness (QED) is 0.550. The molecule has 9 nitrogen and oxygen atoms in total. The normalized spacial score (nSPS) is 26.2. The van der Waals surface area contributed by atoms with Crippen molar-refractivity contribution >= 4 is 23.8 Å². The Morgan fingerprint density at radius 2 is 1.84 bits per heavy atom. The molecule has 0 radical (unpaired) electrons. The van der Waals surface area contributed by atoms with Crippen molar-refractivity contribution in [1.29, 1.82) is 0 Å². The van der Waals surface area contributed by atoms with Crippen LogP contribution in [0, 0.1) is 11.8 Å². The maximum absolute atomic E-state index is 13.8. The molecule has 1 spiro atoms. The summed E-state index contributed by atoms with van der Waals surface area (Å²) in [6.07, 6.45) is 8.48. The summed E-state index contributed by atoms with van der Waals surface area (Å²) in [4.78, 5) is 55.2. The summed E-state index contributed by atoms with van der Waals surface area (Å²) in [6, 6.07) is 9.08. The molecular weight excluding hydrogens is 484 g/mol. The molecule has 0 aromatic heterocycles. The number of hydrogen-bond donors (Lipinski definition) is 2. The van der Waals surface area contributed by atoms with Crippen LogP contribution in [0.15, 0.2) is 53.6 Å². The Hall–Kier alpha value is -3.62. The second-order valence-corrected chi connectivity index (χ2v) is 11.2. The van der Waals surface area contributed by atoms with Crippen LogP contribution in [0.2, 0.25) is 0 Å². The van der Waals surface area contributed by atoms with Gasteiger partial charge in [0.25, 0.3) is 0 Å². The maximum Gasteiger partial charge on any atom is 0.411 e. The van der Waals surface area contributed by atoms with E-state index in [1.54, 1.807) is 12.2 Å². The van der Waals surface area contributed by atoms with Crippen LogP contribution in [0.25, 0.3) is 0 Å². The highest BCUT2D eigenvalue weighted by atomic mass is 16.6. The first-order valence-corrected chi connectivity index (χ1v) is 13.6. The van der Waals surface area contributed by atoms with E-state index in [9.17, 15) is 19.2 Å². The first kappa shape index (κ1) is 24.7. The van der Waals surface area contributed by atoms with Gasteiger partial charge < -0.3 is 20.3 Å². The van der Waals surface area contributed by atoms with E-state index < -0.39 is 23.8 Å². The van der Waals surface area contributed by atoms with Gasteiger partial charge in [-0.15, -0.1) is 0 Å². The summed E-state index contributed by atoms with van der Waals surface area (Å²) in [5, 5.41) is 5.10. The number of Topliss-reactive ketones (excluding diaryl/α,β-unsaturated/α-hetero) is 1. The molecule has 6 rings (SSSR count). The number of fused-ring (bicyclic) bond motifs is 1. The molecule has 4 aliphatic carbocycles. The van der Waals surface area contributed by atoms with E-state index in [2.05, 4.69) is 10.6 Å². The van der Waals surface area contributed by atoms with Crippen molar-refractivity contribution in [3.05, 3.63) is 59.2 Å². The highest BCUT2D eigenvalue weighted by Crippen LogP contribution is 2.48. The molecule has 2 unspecified atom stereocenters. The van der Waals surface area contributed by atoms with Gasteiger partial charge in [0.1, 0.15) is 12.6 Å². The van der Waals surface area contributed by atoms with Crippen LogP contribution in [0.5, 0.6) is 0 Å². The third-order valence-electron chi connectivity index (χ3n) is 8.54. The summed E-state index contributed by atoms with van der Waals surface area (Å²) in [5.41, 5.74) is 1.43. The summed E-state index contributed by atoms with van der Waals surface area (Å²) in [5.74, 6) is 0.858. The van der Waals surface area contributed by atoms with Gasteiger partial charge in [-0.3, -0.25) is 14.5 Å². The van der Waals surface area contributed by atoms with E-state index >= 15 is 0 Å². The van der Waals surface area contributed by atoms with Crippen LogP contribution in [-0.4, -0.2) is 71.4 Å². The highest BCUT2D eigenvalue weighted by molar-refractivity contribution is 6.05. The number of urea groups is 1. The first-order valence-electron chi connectivity index (χ1n) is 13.6. The fourth-order valence-electron chi connectivity index (χ4n) is 6.37. The number of nitrogens with zero attached hydrogens (tertiary/aromatic N) is 2. The predicted molar refractivity (Wildman–Crippen MR) is 139 cm³/mol. The Morgan fingerprint density at radius 1 is 1.13 bits per heavy atom. The van der Waals surface area contributed by atoms with Crippen molar-refractivity contribution in [2.45, 2.75) is 62.8 Å². The second kappa shape index (κ2) is 9.60. The van der Waals surface area contributed by atoms with Gasteiger partial charge in [-0.2, -0.15) is 0 Å². The molecule has 1 saturated heterocycles. The molecule has 4 amide bonds. The van der Waals surface area contributed by atoms with Crippen molar-refractivity contribution in [3.8, 4) is 0 Å². The lowest BCUT2D eigenvalue weighted by molar-refractivity contribution is -0.136. The Bertz CT molecular complexity index is 1210. The molecule has 1 heterocycles. The first-order chi connectivity index (χ1) is 18.4. The number of benzene rings is 1. The van der Waals surface area contributed by atoms with Crippen LogP contribution < -0.4 is 10.6 Å². The number of nitrogens with one attached hydrogen (secondary N) is 2. The van der Waals surface area contributed by atoms with Crippen molar-refractivity contribution in [1.82, 2.24) is 20.4 Å². The minimum Gasteiger partial charge on any atom is -0.436 e. The van der Waals surface area contributed by atoms with Crippen LogP contribution in [-0.2, 0) is 20.9 Å². The lowest BCUT2D eigenvalue weighted by Gasteiger charge is -2.33. The minimum absolute atomic E-state index is 0.0372. The monoisotopic (exact) mass is 518 g/mol. The van der Waals surface area contributed by atoms with Gasteiger partial charge in [-0.05, 0) is 55.9 Å². The highest BCUT2D eigenvalue weighted by Gasteiger charge is 2.54. The number of carbonyl (C=O) groups is 4. The Labute approximate surface area is 222 Å².